The monoisotopic (exact) mass is 516 g/mol. The molecule has 0 bridgehead atoms. The molecule has 0 unspecified atom stereocenters. The van der Waals surface area contributed by atoms with E-state index in [1.807, 2.05) is 6.07 Å². The summed E-state index contributed by atoms with van der Waals surface area (Å²) in [6, 6.07) is 8.49. The van der Waals surface area contributed by atoms with Gasteiger partial charge in [0.15, 0.2) is 0 Å². The molecule has 3 N–H and O–H groups in total. The fraction of sp³-hybridized carbons (Fsp3) is 0.522. The molecule has 0 fully saturated rings. The van der Waals surface area contributed by atoms with Crippen molar-refractivity contribution in [3.63, 3.8) is 0 Å². The zero-order chi connectivity index (χ0) is 24.6. The Labute approximate surface area is 205 Å². The van der Waals surface area contributed by atoms with Gasteiger partial charge < -0.3 is 15.5 Å². The van der Waals surface area contributed by atoms with Gasteiger partial charge in [-0.1, -0.05) is 17.7 Å². The van der Waals surface area contributed by atoms with Crippen LogP contribution >= 0.6 is 22.9 Å². The van der Waals surface area contributed by atoms with Gasteiger partial charge >= 0.3 is 5.97 Å². The summed E-state index contributed by atoms with van der Waals surface area (Å²) < 4.78 is 27.1. The summed E-state index contributed by atoms with van der Waals surface area (Å²) in [7, 11) is -2.49. The first-order valence-electron chi connectivity index (χ1n) is 10.8. The van der Waals surface area contributed by atoms with Crippen molar-refractivity contribution in [2.75, 3.05) is 20.1 Å². The number of hydrogen-bond acceptors (Lipinski definition) is 6. The Kier molecular flexibility index (Phi) is 10.3. The van der Waals surface area contributed by atoms with Crippen LogP contribution in [0.1, 0.15) is 43.6 Å². The zero-order valence-corrected chi connectivity index (χ0v) is 21.6. The van der Waals surface area contributed by atoms with Gasteiger partial charge in [-0.05, 0) is 74.7 Å². The number of nitrogens with zero attached hydrogens (tertiary/aromatic N) is 1. The van der Waals surface area contributed by atoms with E-state index in [0.717, 1.165) is 23.6 Å². The number of aliphatic hydroxyl groups is 1. The lowest BCUT2D eigenvalue weighted by Crippen LogP contribution is -2.46. The smallest absolute Gasteiger partial charge is 0.303 e. The minimum Gasteiger partial charge on any atom is -0.481 e. The van der Waals surface area contributed by atoms with Crippen molar-refractivity contribution in [2.45, 2.75) is 62.5 Å². The highest BCUT2D eigenvalue weighted by Gasteiger charge is 2.25. The van der Waals surface area contributed by atoms with Gasteiger partial charge in [0.1, 0.15) is 0 Å². The van der Waals surface area contributed by atoms with Crippen molar-refractivity contribution < 1.29 is 23.4 Å². The first-order chi connectivity index (χ1) is 15.4. The van der Waals surface area contributed by atoms with Gasteiger partial charge in [0.05, 0.1) is 11.0 Å². The topological polar surface area (TPSA) is 107 Å². The number of aryl methyl sites for hydroxylation is 2. The first-order valence-corrected chi connectivity index (χ1v) is 13.5. The minimum atomic E-state index is -3.90. The van der Waals surface area contributed by atoms with Gasteiger partial charge in [0.2, 0.25) is 10.0 Å². The number of hydrogen-bond donors (Lipinski definition) is 3. The van der Waals surface area contributed by atoms with Crippen LogP contribution in [0.4, 0.5) is 0 Å². The van der Waals surface area contributed by atoms with E-state index in [1.54, 1.807) is 17.4 Å². The number of carboxylic acid groups (broad SMARTS) is 1. The Hall–Kier alpha value is -1.49. The lowest BCUT2D eigenvalue weighted by molar-refractivity contribution is -0.136. The summed E-state index contributed by atoms with van der Waals surface area (Å²) in [6.07, 6.45) is 2.11. The van der Waals surface area contributed by atoms with Crippen molar-refractivity contribution in [2.24, 2.45) is 0 Å². The third-order valence-electron chi connectivity index (χ3n) is 5.36. The molecule has 33 heavy (non-hydrogen) atoms. The molecule has 0 aliphatic carbocycles. The number of benzene rings is 1. The van der Waals surface area contributed by atoms with E-state index in [0.29, 0.717) is 5.56 Å². The number of aliphatic hydroxyl groups excluding tert-OH is 1. The summed E-state index contributed by atoms with van der Waals surface area (Å²) in [5.74, 6) is -0.971. The molecule has 0 radical (unpaired) electrons. The molecule has 10 heteroatoms. The number of likely N-dealkylation sites (N-methyl/N-ethyl adjacent to an activating group) is 1. The fourth-order valence-corrected chi connectivity index (χ4v) is 5.82. The summed E-state index contributed by atoms with van der Waals surface area (Å²) in [6.45, 7) is 4.31. The third kappa shape index (κ3) is 9.35. The molecule has 2 rings (SSSR count). The summed E-state index contributed by atoms with van der Waals surface area (Å²) >= 11 is 7.81. The molecule has 7 nitrogen and oxygen atoms in total. The Morgan fingerprint density at radius 2 is 2.00 bits per heavy atom. The van der Waals surface area contributed by atoms with Crippen LogP contribution in [0.3, 0.4) is 0 Å². The fourth-order valence-electron chi connectivity index (χ4n) is 3.45. The number of rotatable bonds is 14. The van der Waals surface area contributed by atoms with E-state index in [2.05, 4.69) is 30.6 Å². The van der Waals surface area contributed by atoms with E-state index in [-0.39, 0.29) is 41.4 Å². The SMILES string of the molecule is CN(C[C@H](O)CNC(C)(C)CCCc1cccs1)S(=O)(=O)c1cc(Cl)cc(CCC(=O)O)c1. The Balaban J connectivity index is 1.90. The van der Waals surface area contributed by atoms with E-state index >= 15 is 0 Å². The molecule has 1 atom stereocenters. The summed E-state index contributed by atoms with van der Waals surface area (Å²) in [5.41, 5.74) is 0.338. The number of carbonyl (C=O) groups is 1. The molecule has 0 aliphatic rings. The van der Waals surface area contributed by atoms with Crippen molar-refractivity contribution in [3.05, 3.63) is 51.2 Å². The van der Waals surface area contributed by atoms with Gasteiger partial charge in [-0.3, -0.25) is 4.79 Å². The maximum absolute atomic E-state index is 13.0. The van der Waals surface area contributed by atoms with E-state index in [4.69, 9.17) is 16.7 Å². The highest BCUT2D eigenvalue weighted by molar-refractivity contribution is 7.89. The van der Waals surface area contributed by atoms with Crippen LogP contribution in [0.25, 0.3) is 0 Å². The molecule has 2 aromatic rings. The standard InChI is InChI=1S/C23H33ClN2O5S2/c1-23(2,10-4-6-20-7-5-11-32-20)25-15-19(27)16-26(3)33(30,31)21-13-17(8-9-22(28)29)12-18(24)14-21/h5,7,11-14,19,25,27H,4,6,8-10,15-16H2,1-3H3,(H,28,29)/t19-/m1/s1. The van der Waals surface area contributed by atoms with Crippen LogP contribution in [0, 0.1) is 0 Å². The van der Waals surface area contributed by atoms with Gasteiger partial charge in [-0.15, -0.1) is 11.3 Å². The number of nitrogens with one attached hydrogen (secondary N) is 1. The van der Waals surface area contributed by atoms with Crippen LogP contribution in [0.5, 0.6) is 0 Å². The van der Waals surface area contributed by atoms with Crippen molar-refractivity contribution in [3.8, 4) is 0 Å². The molecule has 1 heterocycles. The molecular weight excluding hydrogens is 484 g/mol. The largest absolute Gasteiger partial charge is 0.481 e. The first kappa shape index (κ1) is 27.8. The van der Waals surface area contributed by atoms with Crippen LogP contribution in [0.15, 0.2) is 40.6 Å². The third-order valence-corrected chi connectivity index (χ3v) is 8.31. The second-order valence-corrected chi connectivity index (χ2v) is 12.3. The molecule has 1 aromatic carbocycles. The summed E-state index contributed by atoms with van der Waals surface area (Å²) in [5, 5.41) is 25.0. The average Bonchev–Trinajstić information content (AvgIpc) is 3.24. The molecule has 0 amide bonds. The number of sulfonamides is 1. The normalized spacial score (nSPS) is 13.4. The van der Waals surface area contributed by atoms with Crippen LogP contribution in [-0.2, 0) is 27.7 Å². The predicted molar refractivity (Wildman–Crippen MR) is 133 cm³/mol. The van der Waals surface area contributed by atoms with E-state index in [9.17, 15) is 18.3 Å². The minimum absolute atomic E-state index is 0.0213. The Bertz CT molecular complexity index is 1010. The van der Waals surface area contributed by atoms with Gasteiger partial charge in [0.25, 0.3) is 0 Å². The zero-order valence-electron chi connectivity index (χ0n) is 19.3. The van der Waals surface area contributed by atoms with Crippen LogP contribution < -0.4 is 5.32 Å². The number of aliphatic carboxylic acids is 1. The molecule has 184 valence electrons. The van der Waals surface area contributed by atoms with Crippen molar-refractivity contribution >= 4 is 38.9 Å². The predicted octanol–water partition coefficient (Wildman–Crippen LogP) is 3.79. The number of carboxylic acids is 1. The quantitative estimate of drug-likeness (QED) is 0.352. The van der Waals surface area contributed by atoms with E-state index in [1.165, 1.54) is 24.1 Å². The molecule has 0 saturated heterocycles. The molecule has 0 saturated carbocycles. The van der Waals surface area contributed by atoms with Gasteiger partial charge in [0, 0.05) is 42.0 Å². The van der Waals surface area contributed by atoms with Gasteiger partial charge in [-0.2, -0.15) is 4.31 Å². The highest BCUT2D eigenvalue weighted by atomic mass is 35.5. The Morgan fingerprint density at radius 1 is 1.27 bits per heavy atom. The maximum Gasteiger partial charge on any atom is 0.303 e. The van der Waals surface area contributed by atoms with Crippen LogP contribution in [0.2, 0.25) is 5.02 Å². The molecule has 0 spiro atoms. The van der Waals surface area contributed by atoms with Crippen molar-refractivity contribution in [1.82, 2.24) is 9.62 Å². The Morgan fingerprint density at radius 3 is 2.64 bits per heavy atom. The second kappa shape index (κ2) is 12.3. The maximum atomic E-state index is 13.0. The lowest BCUT2D eigenvalue weighted by Gasteiger charge is -2.29. The molecular formula is C23H33ClN2O5S2. The number of halogens is 1. The summed E-state index contributed by atoms with van der Waals surface area (Å²) in [4.78, 5) is 12.2. The second-order valence-electron chi connectivity index (χ2n) is 8.83. The number of thiophene rings is 1. The van der Waals surface area contributed by atoms with Crippen molar-refractivity contribution in [1.29, 1.82) is 0 Å². The highest BCUT2D eigenvalue weighted by Crippen LogP contribution is 2.23. The lowest BCUT2D eigenvalue weighted by atomic mass is 9.96. The molecule has 0 aliphatic heterocycles. The van der Waals surface area contributed by atoms with E-state index < -0.39 is 22.1 Å². The average molecular weight is 517 g/mol. The van der Waals surface area contributed by atoms with Gasteiger partial charge in [-0.25, -0.2) is 8.42 Å². The number of β-amino-alcohol motifs (C(OH)–C–C–N with tert-alkyl or cyclic N) is 1. The van der Waals surface area contributed by atoms with Crippen LogP contribution in [-0.4, -0.2) is 60.7 Å². The molecule has 1 aromatic heterocycles.